The number of para-hydroxylation sites is 2. The molecule has 11 heteroatoms. The van der Waals surface area contributed by atoms with Crippen LogP contribution in [0.5, 0.6) is 0 Å². The van der Waals surface area contributed by atoms with Crippen LogP contribution in [-0.2, 0) is 30.8 Å². The van der Waals surface area contributed by atoms with Crippen LogP contribution < -0.4 is 15.4 Å². The van der Waals surface area contributed by atoms with Crippen LogP contribution >= 0.6 is 0 Å². The summed E-state index contributed by atoms with van der Waals surface area (Å²) in [6.07, 6.45) is 6.47. The third kappa shape index (κ3) is 6.51. The average molecular weight is 635 g/mol. The van der Waals surface area contributed by atoms with Crippen LogP contribution in [0.2, 0.25) is 0 Å². The quantitative estimate of drug-likeness (QED) is 0.191. The molecule has 4 aliphatic rings. The van der Waals surface area contributed by atoms with Gasteiger partial charge in [0.1, 0.15) is 5.54 Å². The third-order valence-corrected chi connectivity index (χ3v) is 12.4. The average Bonchev–Trinajstić information content (AvgIpc) is 3.37. The van der Waals surface area contributed by atoms with Gasteiger partial charge in [0.15, 0.2) is 0 Å². The van der Waals surface area contributed by atoms with Gasteiger partial charge in [0, 0.05) is 35.6 Å². The number of carboxylic acid groups (broad SMARTS) is 1. The van der Waals surface area contributed by atoms with Crippen LogP contribution in [0.3, 0.4) is 0 Å². The number of H-pyrrole nitrogens is 1. The minimum Gasteiger partial charge on any atom is -0.481 e. The third-order valence-electron chi connectivity index (χ3n) is 10.2. The van der Waals surface area contributed by atoms with Crippen molar-refractivity contribution in [3.8, 4) is 0 Å². The molecule has 0 saturated heterocycles. The van der Waals surface area contributed by atoms with E-state index in [2.05, 4.69) is 20.3 Å². The maximum absolute atomic E-state index is 14.3. The first-order chi connectivity index (χ1) is 21.4. The Morgan fingerprint density at radius 1 is 0.956 bits per heavy atom. The van der Waals surface area contributed by atoms with Gasteiger partial charge >= 0.3 is 5.97 Å². The molecule has 4 aliphatic carbocycles. The number of carbonyl (C=O) groups excluding carboxylic acids is 2. The van der Waals surface area contributed by atoms with E-state index in [1.165, 1.54) is 6.42 Å². The number of aromatic nitrogens is 1. The Balaban J connectivity index is 1.28. The van der Waals surface area contributed by atoms with Gasteiger partial charge in [0.2, 0.25) is 21.8 Å². The van der Waals surface area contributed by atoms with Crippen molar-refractivity contribution in [2.75, 3.05) is 5.32 Å². The number of benzene rings is 2. The summed E-state index contributed by atoms with van der Waals surface area (Å²) in [5, 5.41) is 15.1. The smallest absolute Gasteiger partial charge is 0.303 e. The fourth-order valence-electron chi connectivity index (χ4n) is 8.45. The summed E-state index contributed by atoms with van der Waals surface area (Å²) >= 11 is 0. The lowest BCUT2D eigenvalue weighted by molar-refractivity contribution is -0.138. The summed E-state index contributed by atoms with van der Waals surface area (Å²) < 4.78 is 31.6. The van der Waals surface area contributed by atoms with Crippen LogP contribution in [0.15, 0.2) is 54.7 Å². The first-order valence-corrected chi connectivity index (χ1v) is 17.5. The lowest BCUT2D eigenvalue weighted by atomic mass is 9.56. The molecule has 1 aromatic heterocycles. The SMILES string of the molecule is CC(NC(=O)CCC(=O)O)c1ccccc1NC(=O)C(C)(Cc1c[nH]c2ccccc12)NS(=O)(=O)C1C2CC3CC(C2)CC1C3. The van der Waals surface area contributed by atoms with E-state index in [4.69, 9.17) is 5.11 Å². The zero-order chi connectivity index (χ0) is 31.9. The van der Waals surface area contributed by atoms with Gasteiger partial charge in [-0.25, -0.2) is 8.42 Å². The second-order valence-corrected chi connectivity index (χ2v) is 15.5. The number of aromatic amines is 1. The van der Waals surface area contributed by atoms with Gasteiger partial charge in [-0.3, -0.25) is 14.4 Å². The van der Waals surface area contributed by atoms with Gasteiger partial charge in [-0.1, -0.05) is 36.4 Å². The Hall–Kier alpha value is -3.70. The number of hydrogen-bond acceptors (Lipinski definition) is 5. The van der Waals surface area contributed by atoms with Gasteiger partial charge < -0.3 is 20.7 Å². The Morgan fingerprint density at radius 2 is 1.60 bits per heavy atom. The highest BCUT2D eigenvalue weighted by molar-refractivity contribution is 7.90. The summed E-state index contributed by atoms with van der Waals surface area (Å²) in [6, 6.07) is 14.2. The van der Waals surface area contributed by atoms with Crippen LogP contribution in [0.25, 0.3) is 10.9 Å². The molecule has 240 valence electrons. The number of amides is 2. The molecule has 4 saturated carbocycles. The molecule has 2 unspecified atom stereocenters. The molecule has 0 aliphatic heterocycles. The molecule has 0 radical (unpaired) electrons. The van der Waals surface area contributed by atoms with Crippen molar-refractivity contribution < 1.29 is 27.9 Å². The number of aliphatic carboxylic acids is 1. The Morgan fingerprint density at radius 3 is 2.29 bits per heavy atom. The first-order valence-electron chi connectivity index (χ1n) is 15.9. The summed E-state index contributed by atoms with van der Waals surface area (Å²) in [4.78, 5) is 40.9. The molecular weight excluding hydrogens is 592 g/mol. The highest BCUT2D eigenvalue weighted by Gasteiger charge is 2.54. The van der Waals surface area contributed by atoms with Crippen LogP contribution in [0, 0.1) is 23.7 Å². The predicted octanol–water partition coefficient (Wildman–Crippen LogP) is 4.89. The summed E-state index contributed by atoms with van der Waals surface area (Å²) in [5.41, 5.74) is 1.25. The lowest BCUT2D eigenvalue weighted by Gasteiger charge is -2.54. The molecular formula is C34H42N4O6S. The molecule has 2 amide bonds. The molecule has 3 aromatic rings. The minimum atomic E-state index is -3.88. The van der Waals surface area contributed by atoms with Crippen molar-refractivity contribution in [3.05, 3.63) is 65.9 Å². The predicted molar refractivity (Wildman–Crippen MR) is 172 cm³/mol. The van der Waals surface area contributed by atoms with E-state index in [0.717, 1.165) is 42.1 Å². The number of hydrogen-bond donors (Lipinski definition) is 5. The molecule has 2 aromatic carbocycles. The van der Waals surface area contributed by atoms with Crippen molar-refractivity contribution >= 4 is 44.4 Å². The molecule has 2 atom stereocenters. The van der Waals surface area contributed by atoms with Crippen LogP contribution in [-0.4, -0.2) is 47.1 Å². The Bertz CT molecular complexity index is 1690. The number of carboxylic acids is 1. The van der Waals surface area contributed by atoms with E-state index < -0.39 is 44.6 Å². The summed E-state index contributed by atoms with van der Waals surface area (Å²) in [7, 11) is -3.88. The van der Waals surface area contributed by atoms with E-state index >= 15 is 0 Å². The molecule has 0 spiro atoms. The molecule has 1 heterocycles. The number of nitrogens with one attached hydrogen (secondary N) is 4. The van der Waals surface area contributed by atoms with E-state index in [1.807, 2.05) is 30.5 Å². The Labute approximate surface area is 263 Å². The zero-order valence-corrected chi connectivity index (χ0v) is 26.5. The standard InChI is InChI=1S/C34H42N4O6S/c1-20(36-30(39)11-12-31(40)41)26-7-3-6-10-29(26)37-33(42)34(2,18-25-19-35-28-9-5-4-8-27(25)28)38-45(43,44)32-23-14-21-13-22(16-23)17-24(32)15-21/h3-10,19-24,32,35,38H,11-18H2,1-2H3,(H,36,39)(H,37,42)(H,40,41). The van der Waals surface area contributed by atoms with Gasteiger partial charge in [-0.2, -0.15) is 4.72 Å². The topological polar surface area (TPSA) is 157 Å². The number of fused-ring (bicyclic) bond motifs is 1. The Kier molecular flexibility index (Phi) is 8.51. The van der Waals surface area contributed by atoms with Crippen molar-refractivity contribution in [1.82, 2.24) is 15.0 Å². The van der Waals surface area contributed by atoms with Crippen molar-refractivity contribution in [1.29, 1.82) is 0 Å². The van der Waals surface area contributed by atoms with E-state index in [0.29, 0.717) is 23.1 Å². The minimum absolute atomic E-state index is 0.116. The fourth-order valence-corrected chi connectivity index (χ4v) is 10.8. The summed E-state index contributed by atoms with van der Waals surface area (Å²) in [5.74, 6) is -0.520. The van der Waals surface area contributed by atoms with E-state index in [9.17, 15) is 22.8 Å². The fraction of sp³-hybridized carbons (Fsp3) is 0.500. The van der Waals surface area contributed by atoms with Gasteiger partial charge in [-0.15, -0.1) is 0 Å². The lowest BCUT2D eigenvalue weighted by Crippen LogP contribution is -2.62. The first kappa shape index (κ1) is 31.3. The number of carbonyl (C=O) groups is 3. The summed E-state index contributed by atoms with van der Waals surface area (Å²) in [6.45, 7) is 3.40. The highest BCUT2D eigenvalue weighted by Crippen LogP contribution is 2.55. The van der Waals surface area contributed by atoms with Crippen molar-refractivity contribution in [2.24, 2.45) is 23.7 Å². The molecule has 4 bridgehead atoms. The molecule has 10 nitrogen and oxygen atoms in total. The normalized spacial score (nSPS) is 25.9. The van der Waals surface area contributed by atoms with E-state index in [-0.39, 0.29) is 31.1 Å². The van der Waals surface area contributed by atoms with E-state index in [1.54, 1.807) is 38.1 Å². The monoisotopic (exact) mass is 634 g/mol. The maximum atomic E-state index is 14.3. The number of rotatable bonds is 12. The molecule has 5 N–H and O–H groups in total. The molecule has 4 fully saturated rings. The molecule has 7 rings (SSSR count). The second-order valence-electron chi connectivity index (χ2n) is 13.6. The number of anilines is 1. The number of sulfonamides is 1. The zero-order valence-electron chi connectivity index (χ0n) is 25.7. The van der Waals surface area contributed by atoms with Gasteiger partial charge in [-0.05, 0) is 92.9 Å². The second kappa shape index (κ2) is 12.2. The largest absolute Gasteiger partial charge is 0.481 e. The highest BCUT2D eigenvalue weighted by atomic mass is 32.2. The maximum Gasteiger partial charge on any atom is 0.303 e. The van der Waals surface area contributed by atoms with Crippen LogP contribution in [0.1, 0.15) is 76.0 Å². The van der Waals surface area contributed by atoms with Crippen molar-refractivity contribution in [2.45, 2.75) is 82.0 Å². The molecule has 45 heavy (non-hydrogen) atoms. The van der Waals surface area contributed by atoms with Crippen molar-refractivity contribution in [3.63, 3.8) is 0 Å². The van der Waals surface area contributed by atoms with Crippen LogP contribution in [0.4, 0.5) is 5.69 Å². The van der Waals surface area contributed by atoms with Gasteiger partial charge in [0.25, 0.3) is 0 Å². The van der Waals surface area contributed by atoms with Gasteiger partial charge in [0.05, 0.1) is 17.7 Å².